The van der Waals surface area contributed by atoms with Crippen LogP contribution in [0.1, 0.15) is 15.9 Å². The monoisotopic (exact) mass is 405 g/mol. The highest BCUT2D eigenvalue weighted by Crippen LogP contribution is 2.27. The van der Waals surface area contributed by atoms with Crippen LogP contribution < -0.4 is 4.57 Å². The van der Waals surface area contributed by atoms with E-state index < -0.39 is 15.9 Å². The van der Waals surface area contributed by atoms with Crippen molar-refractivity contribution in [3.8, 4) is 0 Å². The van der Waals surface area contributed by atoms with Crippen LogP contribution in [0.3, 0.4) is 0 Å². The lowest BCUT2D eigenvalue weighted by molar-refractivity contribution is -0.617. The van der Waals surface area contributed by atoms with E-state index >= 15 is 0 Å². The van der Waals surface area contributed by atoms with Crippen molar-refractivity contribution in [2.75, 3.05) is 7.05 Å². The predicted molar refractivity (Wildman–Crippen MR) is 113 cm³/mol. The van der Waals surface area contributed by atoms with Gasteiger partial charge in [0.1, 0.15) is 7.05 Å². The Morgan fingerprint density at radius 2 is 1.31 bits per heavy atom. The molecule has 0 unspecified atom stereocenters. The van der Waals surface area contributed by atoms with Gasteiger partial charge in [-0.2, -0.15) is 4.57 Å². The molecule has 0 saturated heterocycles. The van der Waals surface area contributed by atoms with E-state index in [9.17, 15) is 13.2 Å². The van der Waals surface area contributed by atoms with E-state index in [-0.39, 0.29) is 4.90 Å². The zero-order chi connectivity index (χ0) is 20.8. The quantitative estimate of drug-likeness (QED) is 0.387. The minimum absolute atomic E-state index is 0.0917. The second-order valence-corrected chi connectivity index (χ2v) is 9.03. The summed E-state index contributed by atoms with van der Waals surface area (Å²) in [6.07, 6.45) is 0. The van der Waals surface area contributed by atoms with Gasteiger partial charge in [0.2, 0.25) is 11.0 Å². The van der Waals surface area contributed by atoms with Crippen LogP contribution in [0.4, 0.5) is 0 Å². The molecule has 0 aliphatic rings. The number of rotatable bonds is 3. The molecule has 0 bridgehead atoms. The van der Waals surface area contributed by atoms with Gasteiger partial charge in [-0.1, -0.05) is 42.0 Å². The van der Waals surface area contributed by atoms with Gasteiger partial charge >= 0.3 is 0 Å². The fourth-order valence-electron chi connectivity index (χ4n) is 3.60. The zero-order valence-electron chi connectivity index (χ0n) is 16.5. The van der Waals surface area contributed by atoms with Crippen molar-refractivity contribution in [1.82, 2.24) is 4.31 Å². The van der Waals surface area contributed by atoms with Gasteiger partial charge in [-0.3, -0.25) is 4.79 Å². The summed E-state index contributed by atoms with van der Waals surface area (Å²) in [5.41, 5.74) is 3.05. The third-order valence-electron chi connectivity index (χ3n) is 5.25. The van der Waals surface area contributed by atoms with E-state index in [2.05, 4.69) is 0 Å². The smallest absolute Gasteiger partial charge is 0.268 e. The molecule has 6 heteroatoms. The first kappa shape index (κ1) is 19.1. The minimum Gasteiger partial charge on any atom is -0.268 e. The number of nitrogens with zero attached hydrogens (tertiary/aromatic N) is 2. The average Bonchev–Trinajstić information content (AvgIpc) is 2.73. The highest BCUT2D eigenvalue weighted by atomic mass is 32.2. The highest BCUT2D eigenvalue weighted by molar-refractivity contribution is 7.89. The molecule has 29 heavy (non-hydrogen) atoms. The molecule has 0 atom stereocenters. The summed E-state index contributed by atoms with van der Waals surface area (Å²) in [4.78, 5) is 13.6. The van der Waals surface area contributed by atoms with Gasteiger partial charge in [0.15, 0.2) is 0 Å². The van der Waals surface area contributed by atoms with E-state index in [1.54, 1.807) is 12.1 Å². The summed E-state index contributed by atoms with van der Waals surface area (Å²) in [5, 5.41) is 1.43. The van der Waals surface area contributed by atoms with E-state index in [1.165, 1.54) is 19.2 Å². The molecule has 1 heterocycles. The van der Waals surface area contributed by atoms with Crippen LogP contribution in [0.15, 0.2) is 77.7 Å². The summed E-state index contributed by atoms with van der Waals surface area (Å²) < 4.78 is 29.0. The second-order valence-electron chi connectivity index (χ2n) is 7.06. The number of aryl methyl sites for hydroxylation is 2. The number of para-hydroxylation sites is 2. The van der Waals surface area contributed by atoms with E-state index in [0.29, 0.717) is 16.3 Å². The largest absolute Gasteiger partial charge is 0.269 e. The molecule has 4 aromatic rings. The van der Waals surface area contributed by atoms with Gasteiger partial charge in [0.25, 0.3) is 15.9 Å². The van der Waals surface area contributed by atoms with Crippen LogP contribution in [0.2, 0.25) is 0 Å². The molecule has 1 aromatic heterocycles. The van der Waals surface area contributed by atoms with Crippen LogP contribution in [0.5, 0.6) is 0 Å². The Balaban J connectivity index is 1.95. The minimum atomic E-state index is -3.97. The molecule has 0 radical (unpaired) electrons. The van der Waals surface area contributed by atoms with Crippen molar-refractivity contribution >= 4 is 37.7 Å². The molecule has 0 fully saturated rings. The van der Waals surface area contributed by atoms with Gasteiger partial charge in [-0.15, -0.1) is 0 Å². The molecular formula is C23H21N2O3S+. The van der Waals surface area contributed by atoms with E-state index in [4.69, 9.17) is 0 Å². The van der Waals surface area contributed by atoms with Gasteiger partial charge in [0.05, 0.1) is 21.2 Å². The van der Waals surface area contributed by atoms with Gasteiger partial charge in [0, 0.05) is 19.2 Å². The number of hydrogen-bond donors (Lipinski definition) is 0. The number of aromatic nitrogens is 1. The molecule has 0 N–H and O–H groups in total. The topological polar surface area (TPSA) is 58.3 Å². The molecule has 0 aliphatic heterocycles. The highest BCUT2D eigenvalue weighted by Gasteiger charge is 2.31. The van der Waals surface area contributed by atoms with Crippen molar-refractivity contribution < 1.29 is 17.8 Å². The maximum Gasteiger partial charge on any atom is 0.269 e. The number of amides is 1. The maximum absolute atomic E-state index is 13.5. The van der Waals surface area contributed by atoms with Crippen LogP contribution in [0, 0.1) is 6.92 Å². The van der Waals surface area contributed by atoms with Crippen molar-refractivity contribution in [3.05, 3.63) is 83.9 Å². The Kier molecular flexibility index (Phi) is 4.59. The van der Waals surface area contributed by atoms with Crippen LogP contribution >= 0.6 is 0 Å². The Morgan fingerprint density at radius 1 is 0.828 bits per heavy atom. The summed E-state index contributed by atoms with van der Waals surface area (Å²) in [6, 6.07) is 21.5. The summed E-state index contributed by atoms with van der Waals surface area (Å²) in [5.74, 6) is -0.557. The molecule has 1 amide bonds. The molecule has 0 spiro atoms. The summed E-state index contributed by atoms with van der Waals surface area (Å²) in [6.45, 7) is 1.88. The van der Waals surface area contributed by atoms with E-state index in [0.717, 1.165) is 20.9 Å². The Labute approximate surface area is 169 Å². The zero-order valence-corrected chi connectivity index (χ0v) is 17.3. The van der Waals surface area contributed by atoms with E-state index in [1.807, 2.05) is 67.1 Å². The Hall–Kier alpha value is -3.25. The lowest BCUT2D eigenvalue weighted by Crippen LogP contribution is -2.36. The predicted octanol–water partition coefficient (Wildman–Crippen LogP) is 3.59. The summed E-state index contributed by atoms with van der Waals surface area (Å²) in [7, 11) is -0.724. The number of fused-ring (bicyclic) bond motifs is 2. The fraction of sp³-hybridized carbons (Fsp3) is 0.130. The number of hydrogen-bond acceptors (Lipinski definition) is 3. The Morgan fingerprint density at radius 3 is 1.83 bits per heavy atom. The third-order valence-corrected chi connectivity index (χ3v) is 7.00. The average molecular weight is 405 g/mol. The standard InChI is InChI=1S/C23H21N2O3S/c1-16-12-14-17(15-13-16)29(27,28)25(3)23(26)22-18-8-4-6-10-20(18)24(2)21-11-7-5-9-19(21)22/h4-15H,1-3H3/q+1. The first-order valence-electron chi connectivity index (χ1n) is 9.22. The first-order valence-corrected chi connectivity index (χ1v) is 10.7. The summed E-state index contributed by atoms with van der Waals surface area (Å²) >= 11 is 0. The van der Waals surface area contributed by atoms with Crippen LogP contribution in [0.25, 0.3) is 21.8 Å². The molecule has 146 valence electrons. The van der Waals surface area contributed by atoms with Crippen molar-refractivity contribution in [2.45, 2.75) is 11.8 Å². The van der Waals surface area contributed by atoms with Crippen LogP contribution in [-0.4, -0.2) is 25.7 Å². The maximum atomic E-state index is 13.5. The fourth-order valence-corrected chi connectivity index (χ4v) is 4.70. The number of carbonyl (C=O) groups excluding carboxylic acids is 1. The third kappa shape index (κ3) is 3.06. The van der Waals surface area contributed by atoms with Gasteiger partial charge in [-0.25, -0.2) is 12.7 Å². The van der Waals surface area contributed by atoms with Crippen molar-refractivity contribution in [1.29, 1.82) is 0 Å². The SMILES string of the molecule is Cc1ccc(S(=O)(=O)N(C)C(=O)c2c3ccccc3[n+](C)c3ccccc23)cc1. The first-order chi connectivity index (χ1) is 13.8. The van der Waals surface area contributed by atoms with Crippen LogP contribution in [-0.2, 0) is 17.1 Å². The van der Waals surface area contributed by atoms with Gasteiger partial charge in [-0.05, 0) is 31.2 Å². The molecule has 0 saturated carbocycles. The lowest BCUT2D eigenvalue weighted by atomic mass is 10.0. The molecule has 5 nitrogen and oxygen atoms in total. The number of carbonyl (C=O) groups is 1. The Bertz CT molecular complexity index is 1300. The molecule has 3 aromatic carbocycles. The molecular weight excluding hydrogens is 384 g/mol. The number of pyridine rings is 1. The number of sulfonamides is 1. The van der Waals surface area contributed by atoms with Gasteiger partial charge < -0.3 is 0 Å². The molecule has 0 aliphatic carbocycles. The number of benzene rings is 3. The normalized spacial score (nSPS) is 11.7. The molecule has 4 rings (SSSR count). The lowest BCUT2D eigenvalue weighted by Gasteiger charge is -2.19. The van der Waals surface area contributed by atoms with Crippen molar-refractivity contribution in [3.63, 3.8) is 0 Å². The van der Waals surface area contributed by atoms with Crippen molar-refractivity contribution in [2.24, 2.45) is 7.05 Å². The second kappa shape index (κ2) is 6.97.